The van der Waals surface area contributed by atoms with Crippen molar-refractivity contribution in [3.05, 3.63) is 35.9 Å². The highest BCUT2D eigenvalue weighted by Crippen LogP contribution is 2.28. The van der Waals surface area contributed by atoms with Gasteiger partial charge in [-0.05, 0) is 12.5 Å². The Morgan fingerprint density at radius 3 is 2.50 bits per heavy atom. The molecule has 1 saturated heterocycles. The number of rotatable bonds is 6. The first kappa shape index (κ1) is 15.0. The van der Waals surface area contributed by atoms with Crippen LogP contribution in [0.1, 0.15) is 18.9 Å². The van der Waals surface area contributed by atoms with E-state index in [0.717, 1.165) is 5.56 Å². The zero-order valence-electron chi connectivity index (χ0n) is 11.5. The number of hydrogen-bond acceptors (Lipinski definition) is 5. The Hall–Kier alpha value is -1.40. The van der Waals surface area contributed by atoms with Gasteiger partial charge in [0.25, 0.3) is 0 Å². The van der Waals surface area contributed by atoms with Crippen molar-refractivity contribution in [2.24, 2.45) is 0 Å². The van der Waals surface area contributed by atoms with E-state index in [4.69, 9.17) is 4.74 Å². The van der Waals surface area contributed by atoms with Crippen molar-refractivity contribution >= 4 is 15.8 Å². The van der Waals surface area contributed by atoms with Crippen molar-refractivity contribution in [1.82, 2.24) is 5.32 Å². The molecule has 20 heavy (non-hydrogen) atoms. The zero-order valence-corrected chi connectivity index (χ0v) is 12.3. The van der Waals surface area contributed by atoms with Crippen molar-refractivity contribution in [2.75, 3.05) is 18.1 Å². The quantitative estimate of drug-likeness (QED) is 0.790. The lowest BCUT2D eigenvalue weighted by molar-refractivity contribution is -0.144. The normalized spacial score (nSPS) is 19.1. The number of benzene rings is 1. The molecule has 0 amide bonds. The van der Waals surface area contributed by atoms with Gasteiger partial charge in [-0.3, -0.25) is 4.79 Å². The summed E-state index contributed by atoms with van der Waals surface area (Å²) in [4.78, 5) is 11.6. The lowest BCUT2D eigenvalue weighted by atomic mass is 9.98. The van der Waals surface area contributed by atoms with E-state index in [1.54, 1.807) is 6.92 Å². The van der Waals surface area contributed by atoms with Gasteiger partial charge < -0.3 is 10.1 Å². The predicted octanol–water partition coefficient (Wildman–Crippen LogP) is 0.897. The maximum absolute atomic E-state index is 11.6. The SMILES string of the molecule is CCOC(=O)CC1(NCc2ccccc2)CS(=O)(=O)C1. The summed E-state index contributed by atoms with van der Waals surface area (Å²) in [6.07, 6.45) is 0.0902. The number of carbonyl (C=O) groups excluding carboxylic acids is 1. The fourth-order valence-corrected chi connectivity index (χ4v) is 4.45. The maximum atomic E-state index is 11.6. The highest BCUT2D eigenvalue weighted by molar-refractivity contribution is 7.93. The summed E-state index contributed by atoms with van der Waals surface area (Å²) in [5.74, 6) is -0.375. The van der Waals surface area contributed by atoms with E-state index in [-0.39, 0.29) is 23.9 Å². The highest BCUT2D eigenvalue weighted by Gasteiger charge is 2.49. The van der Waals surface area contributed by atoms with Gasteiger partial charge in [-0.15, -0.1) is 0 Å². The first-order chi connectivity index (χ1) is 9.45. The second-order valence-electron chi connectivity index (χ2n) is 5.13. The van der Waals surface area contributed by atoms with E-state index < -0.39 is 15.4 Å². The molecular formula is C14H19NO4S. The Morgan fingerprint density at radius 2 is 1.95 bits per heavy atom. The highest BCUT2D eigenvalue weighted by atomic mass is 32.2. The van der Waals surface area contributed by atoms with Gasteiger partial charge in [0.05, 0.1) is 30.1 Å². The summed E-state index contributed by atoms with van der Waals surface area (Å²) in [5.41, 5.74) is 0.376. The fraction of sp³-hybridized carbons (Fsp3) is 0.500. The standard InChI is InChI=1S/C14H19NO4S/c1-2-19-13(16)8-14(10-20(17,18)11-14)15-9-12-6-4-3-5-7-12/h3-7,15H,2,8-11H2,1H3. The van der Waals surface area contributed by atoms with E-state index in [1.807, 2.05) is 30.3 Å². The summed E-state index contributed by atoms with van der Waals surface area (Å²) in [6.45, 7) is 2.58. The summed E-state index contributed by atoms with van der Waals surface area (Å²) in [7, 11) is -3.02. The molecule has 0 aromatic heterocycles. The molecule has 110 valence electrons. The van der Waals surface area contributed by atoms with Crippen molar-refractivity contribution < 1.29 is 17.9 Å². The second-order valence-corrected chi connectivity index (χ2v) is 7.20. The minimum atomic E-state index is -3.02. The number of nitrogens with one attached hydrogen (secondary N) is 1. The van der Waals surface area contributed by atoms with Crippen LogP contribution in [-0.2, 0) is 25.9 Å². The Morgan fingerprint density at radius 1 is 1.30 bits per heavy atom. The second kappa shape index (κ2) is 5.93. The van der Waals surface area contributed by atoms with Crippen LogP contribution < -0.4 is 5.32 Å². The number of ether oxygens (including phenoxy) is 1. The van der Waals surface area contributed by atoms with Gasteiger partial charge in [0.1, 0.15) is 0 Å². The first-order valence-electron chi connectivity index (χ1n) is 6.60. The molecule has 5 nitrogen and oxygen atoms in total. The van der Waals surface area contributed by atoms with E-state index in [1.165, 1.54) is 0 Å². The number of esters is 1. The Balaban J connectivity index is 1.99. The van der Waals surface area contributed by atoms with E-state index in [9.17, 15) is 13.2 Å². The zero-order chi connectivity index (χ0) is 14.6. The summed E-state index contributed by atoms with van der Waals surface area (Å²) >= 11 is 0. The van der Waals surface area contributed by atoms with Crippen LogP contribution in [0.15, 0.2) is 30.3 Å². The van der Waals surface area contributed by atoms with Gasteiger partial charge in [0.15, 0.2) is 9.84 Å². The van der Waals surface area contributed by atoms with Gasteiger partial charge >= 0.3 is 5.97 Å². The average molecular weight is 297 g/mol. The molecule has 1 heterocycles. The molecule has 0 spiro atoms. The smallest absolute Gasteiger partial charge is 0.307 e. The predicted molar refractivity (Wildman–Crippen MR) is 75.9 cm³/mol. The van der Waals surface area contributed by atoms with Crippen LogP contribution in [0.3, 0.4) is 0 Å². The number of hydrogen-bond donors (Lipinski definition) is 1. The van der Waals surface area contributed by atoms with Gasteiger partial charge in [0, 0.05) is 6.54 Å². The third-order valence-electron chi connectivity index (χ3n) is 3.29. The van der Waals surface area contributed by atoms with Gasteiger partial charge in [-0.25, -0.2) is 8.42 Å². The topological polar surface area (TPSA) is 72.5 Å². The minimum Gasteiger partial charge on any atom is -0.466 e. The largest absolute Gasteiger partial charge is 0.466 e. The Bertz CT molecular complexity index is 556. The van der Waals surface area contributed by atoms with Gasteiger partial charge in [-0.2, -0.15) is 0 Å². The van der Waals surface area contributed by atoms with Gasteiger partial charge in [0.2, 0.25) is 0 Å². The Labute approximate surface area is 119 Å². The van der Waals surface area contributed by atoms with Crippen LogP contribution in [0.5, 0.6) is 0 Å². The maximum Gasteiger partial charge on any atom is 0.307 e. The van der Waals surface area contributed by atoms with Crippen molar-refractivity contribution in [3.8, 4) is 0 Å². The van der Waals surface area contributed by atoms with E-state index in [2.05, 4.69) is 5.32 Å². The molecule has 0 atom stereocenters. The lowest BCUT2D eigenvalue weighted by Gasteiger charge is -2.41. The molecule has 0 aliphatic carbocycles. The Kier molecular flexibility index (Phi) is 4.45. The molecule has 6 heteroatoms. The fourth-order valence-electron chi connectivity index (χ4n) is 2.44. The third kappa shape index (κ3) is 3.80. The average Bonchev–Trinajstić information content (AvgIpc) is 2.35. The van der Waals surface area contributed by atoms with Crippen LogP contribution in [0.4, 0.5) is 0 Å². The van der Waals surface area contributed by atoms with Crippen LogP contribution >= 0.6 is 0 Å². The van der Waals surface area contributed by atoms with Crippen LogP contribution in [0.25, 0.3) is 0 Å². The molecule has 0 bridgehead atoms. The van der Waals surface area contributed by atoms with Crippen molar-refractivity contribution in [1.29, 1.82) is 0 Å². The molecule has 1 N–H and O–H groups in total. The number of sulfone groups is 1. The summed E-state index contributed by atoms with van der Waals surface area (Å²) < 4.78 is 27.8. The molecule has 0 radical (unpaired) electrons. The van der Waals surface area contributed by atoms with E-state index in [0.29, 0.717) is 13.2 Å². The molecule has 2 rings (SSSR count). The van der Waals surface area contributed by atoms with Crippen LogP contribution in [0.2, 0.25) is 0 Å². The molecule has 1 aliphatic rings. The van der Waals surface area contributed by atoms with Gasteiger partial charge in [-0.1, -0.05) is 30.3 Å². The molecule has 1 aliphatic heterocycles. The first-order valence-corrected chi connectivity index (χ1v) is 8.42. The molecule has 0 saturated carbocycles. The molecule has 1 aromatic rings. The van der Waals surface area contributed by atoms with Crippen LogP contribution in [0, 0.1) is 0 Å². The molecule has 1 fully saturated rings. The lowest BCUT2D eigenvalue weighted by Crippen LogP contribution is -2.64. The molecule has 0 unspecified atom stereocenters. The molecule has 1 aromatic carbocycles. The molecular weight excluding hydrogens is 278 g/mol. The summed E-state index contributed by atoms with van der Waals surface area (Å²) in [6, 6.07) is 9.68. The van der Waals surface area contributed by atoms with Crippen molar-refractivity contribution in [2.45, 2.75) is 25.4 Å². The monoisotopic (exact) mass is 297 g/mol. The number of carbonyl (C=O) groups is 1. The minimum absolute atomic E-state index is 0.00829. The van der Waals surface area contributed by atoms with Crippen LogP contribution in [-0.4, -0.2) is 38.0 Å². The van der Waals surface area contributed by atoms with Crippen molar-refractivity contribution in [3.63, 3.8) is 0 Å². The van der Waals surface area contributed by atoms with E-state index >= 15 is 0 Å². The summed E-state index contributed by atoms with van der Waals surface area (Å²) in [5, 5.41) is 3.21. The third-order valence-corrected chi connectivity index (χ3v) is 5.28.